The Bertz CT molecular complexity index is 804. The van der Waals surface area contributed by atoms with Gasteiger partial charge in [-0.05, 0) is 80.5 Å². The fourth-order valence-corrected chi connectivity index (χ4v) is 3.65. The normalized spacial score (nSPS) is 10.7. The Kier molecular flexibility index (Phi) is 7.21. The van der Waals surface area contributed by atoms with E-state index < -0.39 is 12.6 Å². The van der Waals surface area contributed by atoms with Gasteiger partial charge in [-0.15, -0.1) is 0 Å². The van der Waals surface area contributed by atoms with Gasteiger partial charge >= 0.3 is 5.97 Å². The second kappa shape index (κ2) is 9.16. The van der Waals surface area contributed by atoms with Gasteiger partial charge in [-0.1, -0.05) is 11.6 Å². The smallest absolute Gasteiger partial charge is 0.341 e. The number of carbonyl (C=O) groups is 2. The SMILES string of the molecule is O=C(O)COc1c(Br)cc(/C=N\NC(=O)c2ccc(Cl)cc2)cc1I. The first-order valence-corrected chi connectivity index (χ1v) is 9.04. The highest BCUT2D eigenvalue weighted by atomic mass is 127. The molecule has 0 atom stereocenters. The Balaban J connectivity index is 2.04. The van der Waals surface area contributed by atoms with Gasteiger partial charge in [0.1, 0.15) is 5.75 Å². The fraction of sp³-hybridized carbons (Fsp3) is 0.0625. The minimum Gasteiger partial charge on any atom is -0.480 e. The van der Waals surface area contributed by atoms with Crippen LogP contribution in [0.2, 0.25) is 5.02 Å². The summed E-state index contributed by atoms with van der Waals surface area (Å²) in [6.07, 6.45) is 1.47. The number of rotatable bonds is 6. The van der Waals surface area contributed by atoms with Crippen LogP contribution in [-0.2, 0) is 4.79 Å². The minimum absolute atomic E-state index is 0.358. The molecule has 2 aromatic rings. The molecular weight excluding hydrogens is 526 g/mol. The second-order valence-corrected chi connectivity index (χ2v) is 7.16. The molecule has 130 valence electrons. The second-order valence-electron chi connectivity index (χ2n) is 4.70. The van der Waals surface area contributed by atoms with Crippen LogP contribution >= 0.6 is 50.1 Å². The zero-order valence-corrected chi connectivity index (χ0v) is 17.0. The average molecular weight is 538 g/mol. The quantitative estimate of drug-likeness (QED) is 0.332. The topological polar surface area (TPSA) is 88.0 Å². The molecule has 0 spiro atoms. The molecule has 0 saturated heterocycles. The zero-order chi connectivity index (χ0) is 18.4. The number of benzene rings is 2. The third-order valence-corrected chi connectivity index (χ3v) is 4.49. The minimum atomic E-state index is -1.06. The molecule has 2 N–H and O–H groups in total. The van der Waals surface area contributed by atoms with Crippen LogP contribution < -0.4 is 10.2 Å². The van der Waals surface area contributed by atoms with Gasteiger partial charge < -0.3 is 9.84 Å². The van der Waals surface area contributed by atoms with Gasteiger partial charge in [0.15, 0.2) is 6.61 Å². The van der Waals surface area contributed by atoms with Gasteiger partial charge in [0.25, 0.3) is 5.91 Å². The number of carboxylic acid groups (broad SMARTS) is 1. The number of carbonyl (C=O) groups excluding carboxylic acids is 1. The van der Waals surface area contributed by atoms with Crippen LogP contribution in [0.1, 0.15) is 15.9 Å². The largest absolute Gasteiger partial charge is 0.480 e. The number of nitrogens with zero attached hydrogens (tertiary/aromatic N) is 1. The van der Waals surface area contributed by atoms with Crippen LogP contribution in [0.3, 0.4) is 0 Å². The Morgan fingerprint density at radius 2 is 2.00 bits per heavy atom. The van der Waals surface area contributed by atoms with Crippen molar-refractivity contribution in [3.8, 4) is 5.75 Å². The number of ether oxygens (including phenoxy) is 1. The molecule has 0 aliphatic heterocycles. The third kappa shape index (κ3) is 5.98. The molecular formula is C16H11BrClIN2O4. The predicted octanol–water partition coefficient (Wildman–Crippen LogP) is 3.93. The van der Waals surface area contributed by atoms with E-state index in [1.165, 1.54) is 6.21 Å². The standard InChI is InChI=1S/C16H11BrClIN2O4/c17-12-5-9(6-13(19)15(12)25-8-14(22)23)7-20-21-16(24)10-1-3-11(18)4-2-10/h1-7H,8H2,(H,21,24)(H,22,23)/b20-7-. The molecule has 0 aliphatic carbocycles. The van der Waals surface area contributed by atoms with Crippen LogP contribution in [0, 0.1) is 3.57 Å². The van der Waals surface area contributed by atoms with Gasteiger partial charge in [0, 0.05) is 10.6 Å². The molecule has 25 heavy (non-hydrogen) atoms. The molecule has 0 unspecified atom stereocenters. The third-order valence-electron chi connectivity index (χ3n) is 2.85. The molecule has 0 saturated carbocycles. The summed E-state index contributed by atoms with van der Waals surface area (Å²) in [7, 11) is 0. The Morgan fingerprint density at radius 1 is 1.32 bits per heavy atom. The summed E-state index contributed by atoms with van der Waals surface area (Å²) >= 11 is 11.1. The molecule has 2 rings (SSSR count). The van der Waals surface area contributed by atoms with E-state index in [-0.39, 0.29) is 5.91 Å². The molecule has 0 heterocycles. The molecule has 0 bridgehead atoms. The molecule has 6 nitrogen and oxygen atoms in total. The van der Waals surface area contributed by atoms with E-state index >= 15 is 0 Å². The van der Waals surface area contributed by atoms with Crippen molar-refractivity contribution in [2.75, 3.05) is 6.61 Å². The summed E-state index contributed by atoms with van der Waals surface area (Å²) in [6, 6.07) is 9.89. The van der Waals surface area contributed by atoms with Gasteiger partial charge in [0.2, 0.25) is 0 Å². The zero-order valence-electron chi connectivity index (χ0n) is 12.5. The number of hydrogen-bond acceptors (Lipinski definition) is 4. The van der Waals surface area contributed by atoms with Gasteiger partial charge in [-0.2, -0.15) is 5.10 Å². The Labute approximate surface area is 170 Å². The number of carboxylic acids is 1. The summed E-state index contributed by atoms with van der Waals surface area (Å²) in [5.41, 5.74) is 3.56. The van der Waals surface area contributed by atoms with Crippen molar-refractivity contribution in [2.45, 2.75) is 0 Å². The number of hydrazone groups is 1. The molecule has 0 aliphatic rings. The summed E-state index contributed by atoms with van der Waals surface area (Å²) in [6.45, 7) is -0.431. The fourth-order valence-electron chi connectivity index (χ4n) is 1.76. The number of amides is 1. The van der Waals surface area contributed by atoms with E-state index in [9.17, 15) is 9.59 Å². The highest BCUT2D eigenvalue weighted by Crippen LogP contribution is 2.31. The molecule has 0 radical (unpaired) electrons. The molecule has 0 aromatic heterocycles. The first kappa shape index (κ1) is 19.7. The van der Waals surface area contributed by atoms with E-state index in [1.54, 1.807) is 36.4 Å². The lowest BCUT2D eigenvalue weighted by atomic mass is 10.2. The van der Waals surface area contributed by atoms with Gasteiger partial charge in [-0.3, -0.25) is 4.79 Å². The van der Waals surface area contributed by atoms with Crippen LogP contribution in [-0.4, -0.2) is 29.8 Å². The van der Waals surface area contributed by atoms with Crippen molar-refractivity contribution in [2.24, 2.45) is 5.10 Å². The van der Waals surface area contributed by atoms with Crippen LogP contribution in [0.25, 0.3) is 0 Å². The molecule has 0 fully saturated rings. The summed E-state index contributed by atoms with van der Waals surface area (Å²) < 4.78 is 6.51. The van der Waals surface area contributed by atoms with Crippen LogP contribution in [0.5, 0.6) is 5.75 Å². The Hall–Kier alpha value is -1.65. The lowest BCUT2D eigenvalue weighted by Crippen LogP contribution is -2.17. The monoisotopic (exact) mass is 536 g/mol. The first-order valence-electron chi connectivity index (χ1n) is 6.79. The van der Waals surface area contributed by atoms with Crippen molar-refractivity contribution < 1.29 is 19.4 Å². The summed E-state index contributed by atoms with van der Waals surface area (Å²) in [4.78, 5) is 22.5. The molecule has 2 aromatic carbocycles. The van der Waals surface area contributed by atoms with Crippen LogP contribution in [0.15, 0.2) is 46.0 Å². The number of aliphatic carboxylic acids is 1. The first-order chi connectivity index (χ1) is 11.9. The number of hydrogen-bond donors (Lipinski definition) is 2. The van der Waals surface area contributed by atoms with Gasteiger partial charge in [0.05, 0.1) is 14.3 Å². The van der Waals surface area contributed by atoms with Crippen LogP contribution in [0.4, 0.5) is 0 Å². The Morgan fingerprint density at radius 3 is 2.60 bits per heavy atom. The van der Waals surface area contributed by atoms with Crippen molar-refractivity contribution >= 4 is 68.2 Å². The number of halogens is 3. The maximum atomic E-state index is 11.9. The molecule has 9 heteroatoms. The highest BCUT2D eigenvalue weighted by Gasteiger charge is 2.10. The van der Waals surface area contributed by atoms with E-state index in [1.807, 2.05) is 22.6 Å². The van der Waals surface area contributed by atoms with Gasteiger partial charge in [-0.25, -0.2) is 10.2 Å². The van der Waals surface area contributed by atoms with E-state index in [0.717, 1.165) is 0 Å². The van der Waals surface area contributed by atoms with Crippen molar-refractivity contribution in [1.82, 2.24) is 5.43 Å². The lowest BCUT2D eigenvalue weighted by molar-refractivity contribution is -0.139. The van der Waals surface area contributed by atoms with Crippen molar-refractivity contribution in [1.29, 1.82) is 0 Å². The van der Waals surface area contributed by atoms with Crippen molar-refractivity contribution in [3.05, 3.63) is 60.6 Å². The predicted molar refractivity (Wildman–Crippen MR) is 107 cm³/mol. The van der Waals surface area contributed by atoms with Crippen molar-refractivity contribution in [3.63, 3.8) is 0 Å². The molecule has 1 amide bonds. The van der Waals surface area contributed by atoms with E-state index in [4.69, 9.17) is 21.4 Å². The maximum Gasteiger partial charge on any atom is 0.341 e. The van der Waals surface area contributed by atoms with E-state index in [0.29, 0.717) is 29.9 Å². The highest BCUT2D eigenvalue weighted by molar-refractivity contribution is 14.1. The summed E-state index contributed by atoms with van der Waals surface area (Å²) in [5.74, 6) is -0.980. The number of nitrogens with one attached hydrogen (secondary N) is 1. The lowest BCUT2D eigenvalue weighted by Gasteiger charge is -2.09. The van der Waals surface area contributed by atoms with E-state index in [2.05, 4.69) is 26.5 Å². The maximum absolute atomic E-state index is 11.9. The summed E-state index contributed by atoms with van der Waals surface area (Å²) in [5, 5.41) is 13.1. The average Bonchev–Trinajstić information content (AvgIpc) is 2.54.